The number of para-hydroxylation sites is 1. The van der Waals surface area contributed by atoms with E-state index in [-0.39, 0.29) is 11.9 Å². The van der Waals surface area contributed by atoms with Gasteiger partial charge in [-0.05, 0) is 25.0 Å². The zero-order valence-corrected chi connectivity index (χ0v) is 13.9. The molecular formula is C18H22N4O2. The molecule has 6 heteroatoms. The molecule has 1 aliphatic heterocycles. The van der Waals surface area contributed by atoms with Crippen molar-refractivity contribution in [2.24, 2.45) is 0 Å². The first kappa shape index (κ1) is 16.3. The number of aromatic amines is 1. The minimum absolute atomic E-state index is 0.279. The Balaban J connectivity index is 1.70. The Morgan fingerprint density at radius 3 is 2.79 bits per heavy atom. The van der Waals surface area contributed by atoms with Crippen molar-refractivity contribution in [1.82, 2.24) is 20.5 Å². The van der Waals surface area contributed by atoms with Crippen LogP contribution >= 0.6 is 0 Å². The van der Waals surface area contributed by atoms with E-state index in [1.54, 1.807) is 0 Å². The molecule has 126 valence electrons. The molecule has 0 radical (unpaired) electrons. The van der Waals surface area contributed by atoms with Crippen molar-refractivity contribution in [2.45, 2.75) is 19.4 Å². The Morgan fingerprint density at radius 2 is 2.08 bits per heavy atom. The van der Waals surface area contributed by atoms with Gasteiger partial charge in [0, 0.05) is 42.8 Å². The van der Waals surface area contributed by atoms with Gasteiger partial charge >= 0.3 is 6.03 Å². The van der Waals surface area contributed by atoms with Gasteiger partial charge in [-0.3, -0.25) is 15.0 Å². The number of hydrogen-bond acceptors (Lipinski definition) is 3. The summed E-state index contributed by atoms with van der Waals surface area (Å²) in [6.07, 6.45) is 5.09. The van der Waals surface area contributed by atoms with Gasteiger partial charge in [0.05, 0.1) is 6.04 Å². The molecule has 1 unspecified atom stereocenters. The molecule has 0 fully saturated rings. The molecular weight excluding hydrogens is 304 g/mol. The lowest BCUT2D eigenvalue weighted by Gasteiger charge is -2.30. The van der Waals surface area contributed by atoms with Crippen LogP contribution in [0.4, 0.5) is 4.79 Å². The predicted octanol–water partition coefficient (Wildman–Crippen LogP) is 2.10. The maximum atomic E-state index is 12.1. The van der Waals surface area contributed by atoms with Crippen LogP contribution in [0.1, 0.15) is 18.9 Å². The molecule has 0 aliphatic carbocycles. The Kier molecular flexibility index (Phi) is 4.66. The van der Waals surface area contributed by atoms with Gasteiger partial charge in [0.1, 0.15) is 0 Å². The summed E-state index contributed by atoms with van der Waals surface area (Å²) in [5, 5.41) is 5.95. The largest absolute Gasteiger partial charge is 0.361 e. The summed E-state index contributed by atoms with van der Waals surface area (Å²) in [6.45, 7) is 3.30. The number of benzene rings is 1. The molecule has 3 amide bonds. The van der Waals surface area contributed by atoms with Gasteiger partial charge in [-0.1, -0.05) is 24.3 Å². The van der Waals surface area contributed by atoms with E-state index in [1.165, 1.54) is 23.6 Å². The fourth-order valence-corrected chi connectivity index (χ4v) is 3.06. The van der Waals surface area contributed by atoms with Crippen molar-refractivity contribution in [1.29, 1.82) is 0 Å². The minimum atomic E-state index is -0.473. The lowest BCUT2D eigenvalue weighted by molar-refractivity contribution is -0.124. The summed E-state index contributed by atoms with van der Waals surface area (Å²) >= 11 is 0. The smallest absolute Gasteiger partial charge is 0.321 e. The number of carbonyl (C=O) groups excluding carboxylic acids is 2. The highest BCUT2D eigenvalue weighted by Gasteiger charge is 2.24. The second kappa shape index (κ2) is 6.88. The van der Waals surface area contributed by atoms with E-state index in [4.69, 9.17) is 0 Å². The van der Waals surface area contributed by atoms with Crippen LogP contribution in [0.2, 0.25) is 0 Å². The average Bonchev–Trinajstić information content (AvgIpc) is 3.05. The van der Waals surface area contributed by atoms with Gasteiger partial charge < -0.3 is 10.3 Å². The third-order valence-corrected chi connectivity index (χ3v) is 4.57. The maximum absolute atomic E-state index is 12.1. The van der Waals surface area contributed by atoms with Crippen LogP contribution in [0.3, 0.4) is 0 Å². The monoisotopic (exact) mass is 326 g/mol. The number of amides is 3. The van der Waals surface area contributed by atoms with Gasteiger partial charge in [0.15, 0.2) is 0 Å². The standard InChI is InChI=1S/C18H22N4O2/c1-12(17(23)21-18(24)19-2)22-9-7-13(8-10-22)15-11-20-16-6-4-3-5-14(15)16/h3-7,11-12,20H,8-10H2,1-2H3,(H2,19,21,23,24). The van der Waals surface area contributed by atoms with Crippen molar-refractivity contribution in [3.8, 4) is 0 Å². The highest BCUT2D eigenvalue weighted by molar-refractivity contribution is 5.97. The molecule has 0 saturated carbocycles. The fraction of sp³-hybridized carbons (Fsp3) is 0.333. The van der Waals surface area contributed by atoms with Crippen molar-refractivity contribution in [3.63, 3.8) is 0 Å². The van der Waals surface area contributed by atoms with Gasteiger partial charge in [0.25, 0.3) is 0 Å². The molecule has 1 aliphatic rings. The summed E-state index contributed by atoms with van der Waals surface area (Å²) in [7, 11) is 1.49. The fourth-order valence-electron chi connectivity index (χ4n) is 3.06. The number of rotatable bonds is 3. The number of nitrogens with zero attached hydrogens (tertiary/aromatic N) is 1. The predicted molar refractivity (Wildman–Crippen MR) is 94.5 cm³/mol. The summed E-state index contributed by atoms with van der Waals surface area (Å²) in [5.41, 5.74) is 3.66. The van der Waals surface area contributed by atoms with E-state index in [9.17, 15) is 9.59 Å². The first-order valence-corrected chi connectivity index (χ1v) is 8.12. The van der Waals surface area contributed by atoms with Crippen LogP contribution in [0.15, 0.2) is 36.5 Å². The minimum Gasteiger partial charge on any atom is -0.361 e. The molecule has 1 atom stereocenters. The van der Waals surface area contributed by atoms with E-state index in [2.05, 4.69) is 38.7 Å². The zero-order valence-electron chi connectivity index (χ0n) is 13.9. The first-order chi connectivity index (χ1) is 11.6. The van der Waals surface area contributed by atoms with Crippen LogP contribution in [0.5, 0.6) is 0 Å². The lowest BCUT2D eigenvalue weighted by atomic mass is 9.98. The number of urea groups is 1. The summed E-state index contributed by atoms with van der Waals surface area (Å²) in [5.74, 6) is -0.279. The van der Waals surface area contributed by atoms with Gasteiger partial charge in [-0.2, -0.15) is 0 Å². The Morgan fingerprint density at radius 1 is 1.29 bits per heavy atom. The van der Waals surface area contributed by atoms with Crippen LogP contribution in [-0.2, 0) is 4.79 Å². The van der Waals surface area contributed by atoms with Crippen LogP contribution in [0.25, 0.3) is 16.5 Å². The highest BCUT2D eigenvalue weighted by atomic mass is 16.2. The number of carbonyl (C=O) groups is 2. The molecule has 6 nitrogen and oxygen atoms in total. The Hall–Kier alpha value is -2.60. The Bertz CT molecular complexity index is 793. The first-order valence-electron chi connectivity index (χ1n) is 8.12. The third-order valence-electron chi connectivity index (χ3n) is 4.57. The van der Waals surface area contributed by atoms with E-state index in [0.717, 1.165) is 18.5 Å². The molecule has 3 N–H and O–H groups in total. The average molecular weight is 326 g/mol. The quantitative estimate of drug-likeness (QED) is 0.808. The molecule has 2 aromatic rings. The number of imide groups is 1. The zero-order chi connectivity index (χ0) is 17.1. The molecule has 2 heterocycles. The summed E-state index contributed by atoms with van der Waals surface area (Å²) in [4.78, 5) is 28.7. The topological polar surface area (TPSA) is 77.2 Å². The number of fused-ring (bicyclic) bond motifs is 1. The number of hydrogen-bond donors (Lipinski definition) is 3. The number of aromatic nitrogens is 1. The highest BCUT2D eigenvalue weighted by Crippen LogP contribution is 2.29. The normalized spacial score (nSPS) is 16.5. The molecule has 0 spiro atoms. The van der Waals surface area contributed by atoms with E-state index >= 15 is 0 Å². The Labute approximate surface area is 140 Å². The van der Waals surface area contributed by atoms with Crippen LogP contribution in [-0.4, -0.2) is 48.0 Å². The number of nitrogens with one attached hydrogen (secondary N) is 3. The second-order valence-electron chi connectivity index (χ2n) is 5.97. The molecule has 1 aromatic heterocycles. The van der Waals surface area contributed by atoms with Crippen molar-refractivity contribution in [2.75, 3.05) is 20.1 Å². The molecule has 0 saturated heterocycles. The molecule has 3 rings (SSSR count). The van der Waals surface area contributed by atoms with Crippen LogP contribution in [0, 0.1) is 0 Å². The second-order valence-corrected chi connectivity index (χ2v) is 5.97. The molecule has 24 heavy (non-hydrogen) atoms. The summed E-state index contributed by atoms with van der Waals surface area (Å²) in [6, 6.07) is 7.43. The SMILES string of the molecule is CNC(=O)NC(=O)C(C)N1CC=C(c2c[nH]c3ccccc23)CC1. The lowest BCUT2D eigenvalue weighted by Crippen LogP contribution is -2.50. The molecule has 0 bridgehead atoms. The van der Waals surface area contributed by atoms with Gasteiger partial charge in [-0.25, -0.2) is 4.79 Å². The van der Waals surface area contributed by atoms with E-state index < -0.39 is 6.03 Å². The van der Waals surface area contributed by atoms with Gasteiger partial charge in [-0.15, -0.1) is 0 Å². The maximum Gasteiger partial charge on any atom is 0.321 e. The molecule has 1 aromatic carbocycles. The van der Waals surface area contributed by atoms with Crippen molar-refractivity contribution >= 4 is 28.4 Å². The van der Waals surface area contributed by atoms with E-state index in [0.29, 0.717) is 6.54 Å². The van der Waals surface area contributed by atoms with Crippen molar-refractivity contribution < 1.29 is 9.59 Å². The van der Waals surface area contributed by atoms with Gasteiger partial charge in [0.2, 0.25) is 5.91 Å². The number of H-pyrrole nitrogens is 1. The van der Waals surface area contributed by atoms with Crippen molar-refractivity contribution in [3.05, 3.63) is 42.1 Å². The van der Waals surface area contributed by atoms with Crippen LogP contribution < -0.4 is 10.6 Å². The van der Waals surface area contributed by atoms with E-state index in [1.807, 2.05) is 25.3 Å². The summed E-state index contributed by atoms with van der Waals surface area (Å²) < 4.78 is 0. The third kappa shape index (κ3) is 3.19.